The van der Waals surface area contributed by atoms with Crippen LogP contribution < -0.4 is 10.6 Å². The molecule has 0 aliphatic carbocycles. The second kappa shape index (κ2) is 6.59. The molecule has 0 aromatic heterocycles. The van der Waals surface area contributed by atoms with Gasteiger partial charge < -0.3 is 20.5 Å². The first-order valence-electron chi connectivity index (χ1n) is 5.80. The Balaban J connectivity index is 1.97. The van der Waals surface area contributed by atoms with E-state index in [2.05, 4.69) is 33.2 Å². The molecule has 0 bridgehead atoms. The van der Waals surface area contributed by atoms with Crippen LogP contribution >= 0.6 is 34.2 Å². The number of carbonyl (C=O) groups is 2. The van der Waals surface area contributed by atoms with Crippen molar-refractivity contribution in [2.45, 2.75) is 6.04 Å². The standard InChI is InChI=1S/C12H12ClIN2O4/c13-6-1-2-9(8(14)3-6)15-12(19)16-10-5-20-4-7(10)11(17)18/h1-3,7,10H,4-5H2,(H,17,18)(H2,15,16,19). The van der Waals surface area contributed by atoms with Crippen molar-refractivity contribution < 1.29 is 19.4 Å². The second-order valence-electron chi connectivity index (χ2n) is 4.31. The quantitative estimate of drug-likeness (QED) is 0.667. The lowest BCUT2D eigenvalue weighted by molar-refractivity contribution is -0.142. The van der Waals surface area contributed by atoms with Gasteiger partial charge in [-0.15, -0.1) is 0 Å². The summed E-state index contributed by atoms with van der Waals surface area (Å²) in [6.45, 7) is 0.306. The van der Waals surface area contributed by atoms with E-state index in [0.29, 0.717) is 10.7 Å². The van der Waals surface area contributed by atoms with Crippen molar-refractivity contribution in [3.8, 4) is 0 Å². The molecule has 2 amide bonds. The van der Waals surface area contributed by atoms with Crippen LogP contribution in [0.15, 0.2) is 18.2 Å². The highest BCUT2D eigenvalue weighted by molar-refractivity contribution is 14.1. The van der Waals surface area contributed by atoms with Gasteiger partial charge in [-0.2, -0.15) is 0 Å². The summed E-state index contributed by atoms with van der Waals surface area (Å²) >= 11 is 7.88. The van der Waals surface area contributed by atoms with Gasteiger partial charge in [-0.1, -0.05) is 11.6 Å². The van der Waals surface area contributed by atoms with Crippen LogP contribution in [0.25, 0.3) is 0 Å². The zero-order valence-corrected chi connectivity index (χ0v) is 13.1. The average Bonchev–Trinajstić information content (AvgIpc) is 2.81. The fourth-order valence-electron chi connectivity index (χ4n) is 1.86. The summed E-state index contributed by atoms with van der Waals surface area (Å²) in [5.74, 6) is -1.70. The molecule has 2 rings (SSSR count). The Morgan fingerprint density at radius 3 is 2.80 bits per heavy atom. The molecule has 108 valence electrons. The van der Waals surface area contributed by atoms with Gasteiger partial charge in [-0.3, -0.25) is 4.79 Å². The molecule has 0 radical (unpaired) electrons. The predicted molar refractivity (Wildman–Crippen MR) is 82.1 cm³/mol. The maximum absolute atomic E-state index is 11.9. The van der Waals surface area contributed by atoms with Crippen LogP contribution in [-0.4, -0.2) is 36.4 Å². The van der Waals surface area contributed by atoms with Crippen LogP contribution in [-0.2, 0) is 9.53 Å². The average molecular weight is 411 g/mol. The van der Waals surface area contributed by atoms with E-state index in [-0.39, 0.29) is 13.2 Å². The van der Waals surface area contributed by atoms with Crippen molar-refractivity contribution in [3.63, 3.8) is 0 Å². The molecule has 1 aliphatic heterocycles. The Morgan fingerprint density at radius 2 is 2.15 bits per heavy atom. The Labute approximate surface area is 134 Å². The molecule has 0 spiro atoms. The number of urea groups is 1. The molecule has 1 aromatic carbocycles. The van der Waals surface area contributed by atoms with Gasteiger partial charge in [-0.05, 0) is 40.8 Å². The van der Waals surface area contributed by atoms with Gasteiger partial charge in [0.2, 0.25) is 0 Å². The van der Waals surface area contributed by atoms with Gasteiger partial charge in [-0.25, -0.2) is 4.79 Å². The van der Waals surface area contributed by atoms with Crippen LogP contribution in [0.2, 0.25) is 5.02 Å². The number of halogens is 2. The molecule has 20 heavy (non-hydrogen) atoms. The third kappa shape index (κ3) is 3.74. The molecular formula is C12H12ClIN2O4. The van der Waals surface area contributed by atoms with Crippen molar-refractivity contribution in [2.24, 2.45) is 5.92 Å². The number of amides is 2. The molecule has 8 heteroatoms. The number of aliphatic carboxylic acids is 1. The van der Waals surface area contributed by atoms with Gasteiger partial charge >= 0.3 is 12.0 Å². The normalized spacial score (nSPS) is 21.5. The van der Waals surface area contributed by atoms with E-state index >= 15 is 0 Å². The summed E-state index contributed by atoms with van der Waals surface area (Å²) in [7, 11) is 0. The maximum Gasteiger partial charge on any atom is 0.319 e. The lowest BCUT2D eigenvalue weighted by atomic mass is 10.0. The number of hydrogen-bond donors (Lipinski definition) is 3. The number of benzene rings is 1. The topological polar surface area (TPSA) is 87.7 Å². The molecule has 0 saturated carbocycles. The maximum atomic E-state index is 11.9. The van der Waals surface area contributed by atoms with Gasteiger partial charge in [0.25, 0.3) is 0 Å². The first-order chi connectivity index (χ1) is 9.47. The fraction of sp³-hybridized carbons (Fsp3) is 0.333. The van der Waals surface area contributed by atoms with Crippen LogP contribution in [0.1, 0.15) is 0 Å². The second-order valence-corrected chi connectivity index (χ2v) is 5.91. The number of carboxylic acid groups (broad SMARTS) is 1. The summed E-state index contributed by atoms with van der Waals surface area (Å²) in [6, 6.07) is 4.07. The fourth-order valence-corrected chi connectivity index (χ4v) is 2.86. The lowest BCUT2D eigenvalue weighted by Crippen LogP contribution is -2.44. The van der Waals surface area contributed by atoms with Crippen molar-refractivity contribution in [3.05, 3.63) is 26.8 Å². The molecule has 2 unspecified atom stereocenters. The van der Waals surface area contributed by atoms with E-state index < -0.39 is 24.0 Å². The summed E-state index contributed by atoms with van der Waals surface area (Å²) in [5, 5.41) is 14.8. The van der Waals surface area contributed by atoms with E-state index in [0.717, 1.165) is 3.57 Å². The zero-order valence-electron chi connectivity index (χ0n) is 10.2. The van der Waals surface area contributed by atoms with Gasteiger partial charge in [0.1, 0.15) is 5.92 Å². The molecular weight excluding hydrogens is 398 g/mol. The summed E-state index contributed by atoms with van der Waals surface area (Å²) in [6.07, 6.45) is 0. The monoisotopic (exact) mass is 410 g/mol. The van der Waals surface area contributed by atoms with E-state index in [1.54, 1.807) is 18.2 Å². The number of ether oxygens (including phenoxy) is 1. The zero-order chi connectivity index (χ0) is 14.7. The van der Waals surface area contributed by atoms with Crippen LogP contribution in [0.4, 0.5) is 10.5 Å². The van der Waals surface area contributed by atoms with E-state index in [1.165, 1.54) is 0 Å². The van der Waals surface area contributed by atoms with Crippen molar-refractivity contribution in [1.29, 1.82) is 0 Å². The molecule has 2 atom stereocenters. The number of hydrogen-bond acceptors (Lipinski definition) is 3. The Hall–Kier alpha value is -1.06. The smallest absolute Gasteiger partial charge is 0.319 e. The highest BCUT2D eigenvalue weighted by Crippen LogP contribution is 2.22. The van der Waals surface area contributed by atoms with Crippen LogP contribution in [0, 0.1) is 9.49 Å². The summed E-state index contributed by atoms with van der Waals surface area (Å²) < 4.78 is 5.87. The third-order valence-corrected chi connectivity index (χ3v) is 4.02. The SMILES string of the molecule is O=C(Nc1ccc(Cl)cc1I)NC1COCC1C(=O)O. The number of carboxylic acids is 1. The van der Waals surface area contributed by atoms with Crippen LogP contribution in [0.5, 0.6) is 0 Å². The minimum absolute atomic E-state index is 0.110. The molecule has 1 heterocycles. The van der Waals surface area contributed by atoms with E-state index in [4.69, 9.17) is 21.4 Å². The van der Waals surface area contributed by atoms with Crippen LogP contribution in [0.3, 0.4) is 0 Å². The van der Waals surface area contributed by atoms with Gasteiger partial charge in [0, 0.05) is 8.59 Å². The van der Waals surface area contributed by atoms with E-state index in [1.807, 2.05) is 0 Å². The van der Waals surface area contributed by atoms with Crippen molar-refractivity contribution in [2.75, 3.05) is 18.5 Å². The van der Waals surface area contributed by atoms with Crippen molar-refractivity contribution in [1.82, 2.24) is 5.32 Å². The summed E-state index contributed by atoms with van der Waals surface area (Å²) in [4.78, 5) is 22.8. The van der Waals surface area contributed by atoms with Crippen molar-refractivity contribution >= 4 is 51.9 Å². The number of rotatable bonds is 3. The largest absolute Gasteiger partial charge is 0.481 e. The molecule has 1 saturated heterocycles. The van der Waals surface area contributed by atoms with E-state index in [9.17, 15) is 9.59 Å². The third-order valence-electron chi connectivity index (χ3n) is 2.89. The number of anilines is 1. The Bertz CT molecular complexity index is 540. The highest BCUT2D eigenvalue weighted by Gasteiger charge is 2.35. The number of carbonyl (C=O) groups excluding carboxylic acids is 1. The first-order valence-corrected chi connectivity index (χ1v) is 7.26. The molecule has 1 fully saturated rings. The predicted octanol–water partition coefficient (Wildman–Crippen LogP) is 2.17. The molecule has 1 aliphatic rings. The van der Waals surface area contributed by atoms with Gasteiger partial charge in [0.05, 0.1) is 24.9 Å². The Kier molecular flexibility index (Phi) is 5.06. The summed E-state index contributed by atoms with van der Waals surface area (Å²) in [5.41, 5.74) is 0.610. The molecule has 6 nitrogen and oxygen atoms in total. The minimum Gasteiger partial charge on any atom is -0.481 e. The number of nitrogens with one attached hydrogen (secondary N) is 2. The molecule has 1 aromatic rings. The minimum atomic E-state index is -0.978. The van der Waals surface area contributed by atoms with Gasteiger partial charge in [0.15, 0.2) is 0 Å². The Morgan fingerprint density at radius 1 is 1.40 bits per heavy atom. The molecule has 3 N–H and O–H groups in total. The lowest BCUT2D eigenvalue weighted by Gasteiger charge is -2.16. The highest BCUT2D eigenvalue weighted by atomic mass is 127. The first kappa shape index (κ1) is 15.3.